The Labute approximate surface area is 217 Å². The molecule has 11 heteroatoms. The molecule has 2 amide bonds. The van der Waals surface area contributed by atoms with Crippen LogP contribution in [-0.2, 0) is 4.79 Å². The van der Waals surface area contributed by atoms with Crippen LogP contribution < -0.4 is 20.1 Å². The van der Waals surface area contributed by atoms with E-state index in [9.17, 15) is 27.6 Å². The minimum atomic E-state index is -4.85. The van der Waals surface area contributed by atoms with Crippen LogP contribution >= 0.6 is 0 Å². The lowest BCUT2D eigenvalue weighted by atomic mass is 9.87. The molecular weight excluding hydrogens is 505 g/mol. The summed E-state index contributed by atoms with van der Waals surface area (Å²) < 4.78 is 48.4. The number of carbonyl (C=O) groups excluding carboxylic acids is 2. The van der Waals surface area contributed by atoms with Crippen LogP contribution in [0.3, 0.4) is 0 Å². The van der Waals surface area contributed by atoms with Gasteiger partial charge in [0.05, 0.1) is 12.0 Å². The highest BCUT2D eigenvalue weighted by Crippen LogP contribution is 2.45. The van der Waals surface area contributed by atoms with Crippen LogP contribution in [0.15, 0.2) is 42.5 Å². The first-order valence-corrected chi connectivity index (χ1v) is 12.5. The zero-order valence-corrected chi connectivity index (χ0v) is 20.6. The zero-order valence-electron chi connectivity index (χ0n) is 20.6. The van der Waals surface area contributed by atoms with E-state index in [-0.39, 0.29) is 48.2 Å². The minimum Gasteiger partial charge on any atom is -0.490 e. The van der Waals surface area contributed by atoms with Gasteiger partial charge < -0.3 is 25.2 Å². The number of benzene rings is 2. The molecule has 8 nitrogen and oxygen atoms in total. The van der Waals surface area contributed by atoms with Crippen molar-refractivity contribution < 1.29 is 42.1 Å². The zero-order chi connectivity index (χ0) is 27.3. The van der Waals surface area contributed by atoms with Gasteiger partial charge in [0.2, 0.25) is 0 Å². The van der Waals surface area contributed by atoms with Crippen LogP contribution in [0.1, 0.15) is 70.7 Å². The highest BCUT2D eigenvalue weighted by atomic mass is 19.4. The van der Waals surface area contributed by atoms with Gasteiger partial charge in [0.15, 0.2) is 0 Å². The number of carbonyl (C=O) groups is 3. The highest BCUT2D eigenvalue weighted by Gasteiger charge is 2.35. The van der Waals surface area contributed by atoms with E-state index in [1.54, 1.807) is 24.3 Å². The molecule has 0 unspecified atom stereocenters. The second-order valence-electron chi connectivity index (χ2n) is 9.54. The lowest BCUT2D eigenvalue weighted by molar-refractivity contribution is -0.274. The summed E-state index contributed by atoms with van der Waals surface area (Å²) in [6.45, 7) is 0.187. The Morgan fingerprint density at radius 1 is 0.842 bits per heavy atom. The van der Waals surface area contributed by atoms with Gasteiger partial charge in [0.1, 0.15) is 11.5 Å². The molecule has 2 aromatic carbocycles. The lowest BCUT2D eigenvalue weighted by Crippen LogP contribution is -2.34. The van der Waals surface area contributed by atoms with Crippen molar-refractivity contribution in [2.45, 2.75) is 56.9 Å². The van der Waals surface area contributed by atoms with Gasteiger partial charge in [-0.05, 0) is 86.4 Å². The second-order valence-corrected chi connectivity index (χ2v) is 9.54. The molecule has 2 saturated carbocycles. The van der Waals surface area contributed by atoms with Crippen molar-refractivity contribution in [2.75, 3.05) is 13.1 Å². The van der Waals surface area contributed by atoms with E-state index >= 15 is 0 Å². The van der Waals surface area contributed by atoms with Gasteiger partial charge in [0, 0.05) is 24.2 Å². The number of ether oxygens (including phenoxy) is 2. The molecule has 0 atom stereocenters. The number of carboxylic acids is 1. The Kier molecular flexibility index (Phi) is 8.43. The third kappa shape index (κ3) is 7.62. The van der Waals surface area contributed by atoms with Gasteiger partial charge in [-0.15, -0.1) is 13.2 Å². The number of halogens is 3. The predicted molar refractivity (Wildman–Crippen MR) is 130 cm³/mol. The molecule has 38 heavy (non-hydrogen) atoms. The maximum absolute atomic E-state index is 12.8. The minimum absolute atomic E-state index is 0.0131. The molecule has 0 radical (unpaired) electrons. The summed E-state index contributed by atoms with van der Waals surface area (Å²) in [6.07, 6.45) is -0.880. The van der Waals surface area contributed by atoms with E-state index in [0.717, 1.165) is 18.9 Å². The summed E-state index contributed by atoms with van der Waals surface area (Å²) in [7, 11) is 0. The largest absolute Gasteiger partial charge is 0.573 e. The van der Waals surface area contributed by atoms with Gasteiger partial charge in [-0.2, -0.15) is 0 Å². The highest BCUT2D eigenvalue weighted by molar-refractivity contribution is 5.95. The molecular formula is C27H29F3N2O6. The normalized spacial score (nSPS) is 19.3. The molecule has 0 heterocycles. The van der Waals surface area contributed by atoms with Crippen LogP contribution in [0, 0.1) is 5.92 Å². The molecule has 3 N–H and O–H groups in total. The van der Waals surface area contributed by atoms with Crippen LogP contribution in [0.5, 0.6) is 11.5 Å². The standard InChI is InChI=1S/C27H29F3N2O6/c28-27(29,30)38-23-15-19(7-12-22(23)16-1-2-16)25(34)32-14-13-31-24(33)17-3-8-20(9-4-17)37-21-10-5-18(6-11-21)26(35)36/h3-4,7-9,12,15-16,18,21H,1-2,5-6,10-11,13-14H2,(H,31,33)(H,32,34)(H,35,36)/t18-,21+. The van der Waals surface area contributed by atoms with Crippen molar-refractivity contribution in [3.05, 3.63) is 59.2 Å². The monoisotopic (exact) mass is 534 g/mol. The second kappa shape index (κ2) is 11.7. The molecule has 0 saturated heterocycles. The summed E-state index contributed by atoms with van der Waals surface area (Å²) in [6, 6.07) is 10.6. The summed E-state index contributed by atoms with van der Waals surface area (Å²) in [5.41, 5.74) is 0.864. The SMILES string of the molecule is O=C(NCCNC(=O)c1ccc(C2CC2)c(OC(F)(F)F)c1)c1ccc(O[C@H]2CC[C@@H](C(=O)O)CC2)cc1. The van der Waals surface area contributed by atoms with Crippen molar-refractivity contribution in [3.63, 3.8) is 0 Å². The van der Waals surface area contributed by atoms with E-state index in [0.29, 0.717) is 42.6 Å². The fourth-order valence-electron chi connectivity index (χ4n) is 4.48. The molecule has 2 aliphatic rings. The molecule has 0 bridgehead atoms. The number of hydrogen-bond donors (Lipinski definition) is 3. The average molecular weight is 535 g/mol. The third-order valence-electron chi connectivity index (χ3n) is 6.66. The molecule has 4 rings (SSSR count). The maximum atomic E-state index is 12.8. The molecule has 2 fully saturated rings. The summed E-state index contributed by atoms with van der Waals surface area (Å²) >= 11 is 0. The van der Waals surface area contributed by atoms with Gasteiger partial charge in [0.25, 0.3) is 11.8 Å². The van der Waals surface area contributed by atoms with Gasteiger partial charge in [-0.25, -0.2) is 0 Å². The first kappa shape index (κ1) is 27.3. The number of alkyl halides is 3. The van der Waals surface area contributed by atoms with Crippen molar-refractivity contribution in [1.29, 1.82) is 0 Å². The first-order valence-electron chi connectivity index (χ1n) is 12.5. The number of rotatable bonds is 10. The Hall–Kier alpha value is -3.76. The average Bonchev–Trinajstić information content (AvgIpc) is 3.71. The van der Waals surface area contributed by atoms with E-state index in [1.807, 2.05) is 0 Å². The summed E-state index contributed by atoms with van der Waals surface area (Å²) in [5, 5.41) is 14.3. The van der Waals surface area contributed by atoms with Crippen LogP contribution in [-0.4, -0.2) is 48.4 Å². The Bertz CT molecular complexity index is 1160. The first-order chi connectivity index (χ1) is 18.1. The topological polar surface area (TPSA) is 114 Å². The van der Waals surface area contributed by atoms with Gasteiger partial charge in [-0.3, -0.25) is 14.4 Å². The van der Waals surface area contributed by atoms with Crippen LogP contribution in [0.25, 0.3) is 0 Å². The molecule has 204 valence electrons. The molecule has 0 aliphatic heterocycles. The third-order valence-corrected chi connectivity index (χ3v) is 6.66. The molecule has 0 aromatic heterocycles. The van der Waals surface area contributed by atoms with E-state index in [2.05, 4.69) is 15.4 Å². The molecule has 0 spiro atoms. The number of amides is 2. The molecule has 2 aromatic rings. The Balaban J connectivity index is 1.21. The predicted octanol–water partition coefficient (Wildman–Crippen LogP) is 4.64. The fourth-order valence-corrected chi connectivity index (χ4v) is 4.48. The van der Waals surface area contributed by atoms with Crippen LogP contribution in [0.4, 0.5) is 13.2 Å². The Morgan fingerprint density at radius 3 is 1.97 bits per heavy atom. The van der Waals surface area contributed by atoms with Gasteiger partial charge in [-0.1, -0.05) is 6.07 Å². The van der Waals surface area contributed by atoms with Crippen molar-refractivity contribution in [3.8, 4) is 11.5 Å². The van der Waals surface area contributed by atoms with E-state index in [4.69, 9.17) is 9.84 Å². The number of hydrogen-bond acceptors (Lipinski definition) is 5. The van der Waals surface area contributed by atoms with Crippen LogP contribution in [0.2, 0.25) is 0 Å². The quantitative estimate of drug-likeness (QED) is 0.383. The summed E-state index contributed by atoms with van der Waals surface area (Å²) in [5.74, 6) is -1.78. The molecule has 2 aliphatic carbocycles. The number of nitrogens with one attached hydrogen (secondary N) is 2. The van der Waals surface area contributed by atoms with Crippen molar-refractivity contribution in [1.82, 2.24) is 10.6 Å². The van der Waals surface area contributed by atoms with E-state index in [1.165, 1.54) is 12.1 Å². The van der Waals surface area contributed by atoms with Gasteiger partial charge >= 0.3 is 12.3 Å². The van der Waals surface area contributed by atoms with E-state index < -0.39 is 18.2 Å². The smallest absolute Gasteiger partial charge is 0.490 e. The number of aliphatic carboxylic acids is 1. The lowest BCUT2D eigenvalue weighted by Gasteiger charge is -2.26. The summed E-state index contributed by atoms with van der Waals surface area (Å²) in [4.78, 5) is 35.9. The Morgan fingerprint density at radius 2 is 1.42 bits per heavy atom. The van der Waals surface area contributed by atoms with Crippen molar-refractivity contribution >= 4 is 17.8 Å². The fraction of sp³-hybridized carbons (Fsp3) is 0.444. The maximum Gasteiger partial charge on any atom is 0.573 e. The van der Waals surface area contributed by atoms with Crippen molar-refractivity contribution in [2.24, 2.45) is 5.92 Å². The number of carboxylic acid groups (broad SMARTS) is 1.